The topological polar surface area (TPSA) is 87.7 Å². The first kappa shape index (κ1) is 16.4. The minimum absolute atomic E-state index is 0.286. The minimum Gasteiger partial charge on any atom is -0.381 e. The molecule has 1 spiro atoms. The van der Waals surface area contributed by atoms with Crippen molar-refractivity contribution >= 4 is 23.5 Å². The summed E-state index contributed by atoms with van der Waals surface area (Å²) in [5.74, 6) is -0.724. The highest BCUT2D eigenvalue weighted by Crippen LogP contribution is 2.28. The second-order valence-corrected chi connectivity index (χ2v) is 6.07. The van der Waals surface area contributed by atoms with E-state index in [0.717, 1.165) is 16.9 Å². The summed E-state index contributed by atoms with van der Waals surface area (Å²) >= 11 is 0. The van der Waals surface area contributed by atoms with Crippen LogP contribution in [0.4, 0.5) is 10.5 Å². The molecule has 7 nitrogen and oxygen atoms in total. The van der Waals surface area contributed by atoms with Crippen LogP contribution in [-0.2, 0) is 20.7 Å². The number of aryl methyl sites for hydroxylation is 1. The monoisotopic (exact) mass is 331 g/mol. The van der Waals surface area contributed by atoms with Gasteiger partial charge in [-0.1, -0.05) is 25.1 Å². The zero-order valence-electron chi connectivity index (χ0n) is 13.6. The normalized spacial score (nSPS) is 19.5. The Morgan fingerprint density at radius 1 is 1.29 bits per heavy atom. The Morgan fingerprint density at radius 2 is 2.00 bits per heavy atom. The Bertz CT molecular complexity index is 668. The molecular weight excluding hydrogens is 310 g/mol. The molecule has 1 aromatic rings. The number of amides is 4. The Kier molecular flexibility index (Phi) is 4.53. The predicted molar refractivity (Wildman–Crippen MR) is 87.5 cm³/mol. The van der Waals surface area contributed by atoms with E-state index in [4.69, 9.17) is 4.74 Å². The molecule has 4 amide bonds. The van der Waals surface area contributed by atoms with Crippen LogP contribution in [-0.4, -0.2) is 48.0 Å². The van der Waals surface area contributed by atoms with E-state index in [1.54, 1.807) is 0 Å². The predicted octanol–water partition coefficient (Wildman–Crippen LogP) is 1.29. The number of anilines is 1. The van der Waals surface area contributed by atoms with Gasteiger partial charge in [0.25, 0.3) is 5.91 Å². The van der Waals surface area contributed by atoms with E-state index in [9.17, 15) is 14.4 Å². The number of rotatable bonds is 4. The quantitative estimate of drug-likeness (QED) is 0.814. The Hall–Kier alpha value is -2.41. The number of carbonyl (C=O) groups is 3. The molecule has 24 heavy (non-hydrogen) atoms. The summed E-state index contributed by atoms with van der Waals surface area (Å²) in [4.78, 5) is 38.0. The lowest BCUT2D eigenvalue weighted by molar-refractivity contribution is -0.136. The number of hydrogen-bond donors (Lipinski definition) is 2. The number of benzene rings is 1. The number of ether oxygens (including phenoxy) is 1. The summed E-state index contributed by atoms with van der Waals surface area (Å²) < 4.78 is 5.26. The Balaban J connectivity index is 1.68. The maximum atomic E-state index is 12.6. The van der Waals surface area contributed by atoms with Crippen molar-refractivity contribution in [3.8, 4) is 0 Å². The second kappa shape index (κ2) is 6.60. The summed E-state index contributed by atoms with van der Waals surface area (Å²) in [5.41, 5.74) is 0.804. The van der Waals surface area contributed by atoms with Crippen LogP contribution in [0.3, 0.4) is 0 Å². The molecule has 0 atom stereocenters. The van der Waals surface area contributed by atoms with Crippen molar-refractivity contribution < 1.29 is 19.1 Å². The first-order chi connectivity index (χ1) is 11.6. The molecule has 0 aromatic heterocycles. The highest BCUT2D eigenvalue weighted by molar-refractivity contribution is 6.10. The van der Waals surface area contributed by atoms with Crippen molar-refractivity contribution in [2.75, 3.05) is 25.1 Å². The van der Waals surface area contributed by atoms with Gasteiger partial charge >= 0.3 is 6.03 Å². The first-order valence-corrected chi connectivity index (χ1v) is 8.15. The fourth-order valence-corrected chi connectivity index (χ4v) is 3.16. The van der Waals surface area contributed by atoms with Crippen LogP contribution in [0.1, 0.15) is 25.3 Å². The van der Waals surface area contributed by atoms with Gasteiger partial charge in [-0.3, -0.25) is 14.5 Å². The lowest BCUT2D eigenvalue weighted by Crippen LogP contribution is -2.51. The smallest absolute Gasteiger partial charge is 0.325 e. The number of nitrogens with zero attached hydrogens (tertiary/aromatic N) is 1. The van der Waals surface area contributed by atoms with Crippen molar-refractivity contribution in [3.05, 3.63) is 29.8 Å². The van der Waals surface area contributed by atoms with Gasteiger partial charge in [0.2, 0.25) is 5.91 Å². The Labute approximate surface area is 140 Å². The van der Waals surface area contributed by atoms with E-state index in [1.807, 2.05) is 31.2 Å². The molecule has 0 saturated carbocycles. The number of urea groups is 1. The van der Waals surface area contributed by atoms with Crippen LogP contribution in [0, 0.1) is 0 Å². The third kappa shape index (κ3) is 2.99. The van der Waals surface area contributed by atoms with Gasteiger partial charge in [0.15, 0.2) is 0 Å². The molecular formula is C17H21N3O4. The van der Waals surface area contributed by atoms with Crippen LogP contribution >= 0.6 is 0 Å². The van der Waals surface area contributed by atoms with Gasteiger partial charge in [-0.25, -0.2) is 4.79 Å². The summed E-state index contributed by atoms with van der Waals surface area (Å²) in [6.07, 6.45) is 1.66. The SMILES string of the molecule is CCc1ccccc1NC(=O)CN1C(=O)NC2(CCOCC2)C1=O. The van der Waals surface area contributed by atoms with Crippen LogP contribution in [0.2, 0.25) is 0 Å². The van der Waals surface area contributed by atoms with Gasteiger partial charge < -0.3 is 15.4 Å². The maximum Gasteiger partial charge on any atom is 0.325 e. The number of carbonyl (C=O) groups excluding carboxylic acids is 3. The van der Waals surface area contributed by atoms with E-state index in [1.165, 1.54) is 0 Å². The fourth-order valence-electron chi connectivity index (χ4n) is 3.16. The third-order valence-electron chi connectivity index (χ3n) is 4.57. The van der Waals surface area contributed by atoms with E-state index in [-0.39, 0.29) is 18.4 Å². The van der Waals surface area contributed by atoms with Crippen LogP contribution in [0.5, 0.6) is 0 Å². The number of para-hydroxylation sites is 1. The molecule has 0 bridgehead atoms. The van der Waals surface area contributed by atoms with Crippen LogP contribution in [0.15, 0.2) is 24.3 Å². The largest absolute Gasteiger partial charge is 0.381 e. The van der Waals surface area contributed by atoms with Gasteiger partial charge in [-0.05, 0) is 18.1 Å². The fraction of sp³-hybridized carbons (Fsp3) is 0.471. The molecule has 128 valence electrons. The van der Waals surface area contributed by atoms with E-state index in [2.05, 4.69) is 10.6 Å². The zero-order valence-corrected chi connectivity index (χ0v) is 13.6. The maximum absolute atomic E-state index is 12.6. The van der Waals surface area contributed by atoms with E-state index in [0.29, 0.717) is 31.7 Å². The molecule has 0 aliphatic carbocycles. The number of nitrogens with one attached hydrogen (secondary N) is 2. The molecule has 2 aliphatic rings. The van der Waals surface area contributed by atoms with E-state index < -0.39 is 11.6 Å². The highest BCUT2D eigenvalue weighted by atomic mass is 16.5. The van der Waals surface area contributed by atoms with Crippen molar-refractivity contribution in [1.82, 2.24) is 10.2 Å². The van der Waals surface area contributed by atoms with Crippen molar-refractivity contribution in [3.63, 3.8) is 0 Å². The zero-order chi connectivity index (χ0) is 17.2. The van der Waals surface area contributed by atoms with Gasteiger partial charge in [-0.2, -0.15) is 0 Å². The third-order valence-corrected chi connectivity index (χ3v) is 4.57. The van der Waals surface area contributed by atoms with Crippen LogP contribution < -0.4 is 10.6 Å². The highest BCUT2D eigenvalue weighted by Gasteiger charge is 2.52. The molecule has 0 radical (unpaired) electrons. The van der Waals surface area contributed by atoms with Crippen molar-refractivity contribution in [2.45, 2.75) is 31.7 Å². The van der Waals surface area contributed by atoms with Crippen molar-refractivity contribution in [2.24, 2.45) is 0 Å². The van der Waals surface area contributed by atoms with E-state index >= 15 is 0 Å². The number of hydrogen-bond acceptors (Lipinski definition) is 4. The second-order valence-electron chi connectivity index (χ2n) is 6.07. The van der Waals surface area contributed by atoms with Crippen molar-refractivity contribution in [1.29, 1.82) is 0 Å². The van der Waals surface area contributed by atoms with Gasteiger partial charge in [0.05, 0.1) is 0 Å². The molecule has 2 heterocycles. The molecule has 2 saturated heterocycles. The summed E-state index contributed by atoms with van der Waals surface area (Å²) in [5, 5.41) is 5.52. The molecule has 2 fully saturated rings. The minimum atomic E-state index is -0.906. The molecule has 7 heteroatoms. The summed E-state index contributed by atoms with van der Waals surface area (Å²) in [6.45, 7) is 2.56. The first-order valence-electron chi connectivity index (χ1n) is 8.15. The summed E-state index contributed by atoms with van der Waals surface area (Å²) in [7, 11) is 0. The molecule has 3 rings (SSSR count). The lowest BCUT2D eigenvalue weighted by Gasteiger charge is -2.30. The summed E-state index contributed by atoms with van der Waals surface area (Å²) in [6, 6.07) is 6.96. The van der Waals surface area contributed by atoms with Gasteiger partial charge in [0.1, 0.15) is 12.1 Å². The Morgan fingerprint density at radius 3 is 2.71 bits per heavy atom. The molecule has 2 aliphatic heterocycles. The van der Waals surface area contributed by atoms with Gasteiger partial charge in [-0.15, -0.1) is 0 Å². The molecule has 2 N–H and O–H groups in total. The standard InChI is InChI=1S/C17H21N3O4/c1-2-12-5-3-4-6-13(12)18-14(21)11-20-15(22)17(19-16(20)23)7-9-24-10-8-17/h3-6H,2,7-11H2,1H3,(H,18,21)(H,19,23). The molecule has 1 aromatic carbocycles. The average Bonchev–Trinajstić information content (AvgIpc) is 2.80. The molecule has 0 unspecified atom stereocenters. The van der Waals surface area contributed by atoms with Crippen LogP contribution in [0.25, 0.3) is 0 Å². The lowest BCUT2D eigenvalue weighted by atomic mass is 9.90. The van der Waals surface area contributed by atoms with Gasteiger partial charge in [0, 0.05) is 31.7 Å². The number of imide groups is 1. The average molecular weight is 331 g/mol.